The number of aryl methyl sites for hydroxylation is 2. The molecule has 0 fully saturated rings. The Balaban J connectivity index is 1.81. The lowest BCUT2D eigenvalue weighted by molar-refractivity contribution is 0.0661. The van der Waals surface area contributed by atoms with Gasteiger partial charge in [0.05, 0.1) is 0 Å². The summed E-state index contributed by atoms with van der Waals surface area (Å²) in [4.78, 5) is 10.8. The van der Waals surface area contributed by atoms with Gasteiger partial charge in [-0.2, -0.15) is 0 Å². The topological polar surface area (TPSA) is 62.5 Å². The molecule has 21 heavy (non-hydrogen) atoms. The zero-order valence-electron chi connectivity index (χ0n) is 12.4. The highest BCUT2D eigenvalue weighted by molar-refractivity contribution is 5.84. The maximum absolute atomic E-state index is 10.8. The van der Waals surface area contributed by atoms with Crippen molar-refractivity contribution in [3.8, 4) is 0 Å². The lowest BCUT2D eigenvalue weighted by Gasteiger charge is -2.13. The number of aromatic carboxylic acids is 1. The summed E-state index contributed by atoms with van der Waals surface area (Å²) in [6, 6.07) is 12.3. The predicted molar refractivity (Wildman–Crippen MR) is 81.5 cm³/mol. The standard InChI is InChI=1S/C17H21NO3/c1-12(8-9-14-6-4-3-5-7-14)18-11-15-10-16(17(19)20)21-13(15)2/h3-7,10,12,18H,8-9,11H2,1-2H3,(H,19,20). The quantitative estimate of drug-likeness (QED) is 0.819. The first-order valence-corrected chi connectivity index (χ1v) is 7.16. The highest BCUT2D eigenvalue weighted by Crippen LogP contribution is 2.15. The van der Waals surface area contributed by atoms with Crippen LogP contribution in [0.2, 0.25) is 0 Å². The van der Waals surface area contributed by atoms with Gasteiger partial charge in [-0.1, -0.05) is 30.3 Å². The van der Waals surface area contributed by atoms with E-state index in [0.29, 0.717) is 18.3 Å². The second kappa shape index (κ2) is 7.09. The Morgan fingerprint density at radius 1 is 1.33 bits per heavy atom. The van der Waals surface area contributed by atoms with Gasteiger partial charge in [-0.3, -0.25) is 0 Å². The van der Waals surface area contributed by atoms with Gasteiger partial charge in [-0.25, -0.2) is 4.79 Å². The van der Waals surface area contributed by atoms with Gasteiger partial charge in [0.15, 0.2) is 0 Å². The third kappa shape index (κ3) is 4.46. The fourth-order valence-electron chi connectivity index (χ4n) is 2.21. The molecular formula is C17H21NO3. The first-order chi connectivity index (χ1) is 10.1. The number of hydrogen-bond acceptors (Lipinski definition) is 3. The molecule has 1 atom stereocenters. The van der Waals surface area contributed by atoms with E-state index in [1.54, 1.807) is 13.0 Å². The number of rotatable bonds is 7. The minimum atomic E-state index is -1.03. The van der Waals surface area contributed by atoms with Gasteiger partial charge in [0, 0.05) is 18.2 Å². The third-order valence-corrected chi connectivity index (χ3v) is 3.58. The van der Waals surface area contributed by atoms with Crippen LogP contribution in [0.3, 0.4) is 0 Å². The van der Waals surface area contributed by atoms with Crippen LogP contribution in [0.5, 0.6) is 0 Å². The normalized spacial score (nSPS) is 12.3. The van der Waals surface area contributed by atoms with Crippen molar-refractivity contribution in [2.24, 2.45) is 0 Å². The molecule has 0 amide bonds. The van der Waals surface area contributed by atoms with Crippen LogP contribution in [0.4, 0.5) is 0 Å². The third-order valence-electron chi connectivity index (χ3n) is 3.58. The van der Waals surface area contributed by atoms with Crippen molar-refractivity contribution in [2.45, 2.75) is 39.3 Å². The average molecular weight is 287 g/mol. The molecule has 4 nitrogen and oxygen atoms in total. The van der Waals surface area contributed by atoms with Crippen LogP contribution in [0.25, 0.3) is 0 Å². The van der Waals surface area contributed by atoms with E-state index in [1.165, 1.54) is 5.56 Å². The van der Waals surface area contributed by atoms with E-state index >= 15 is 0 Å². The maximum Gasteiger partial charge on any atom is 0.371 e. The maximum atomic E-state index is 10.8. The van der Waals surface area contributed by atoms with Crippen LogP contribution in [0.15, 0.2) is 40.8 Å². The summed E-state index contributed by atoms with van der Waals surface area (Å²) in [5.41, 5.74) is 2.23. The minimum Gasteiger partial charge on any atom is -0.475 e. The fourth-order valence-corrected chi connectivity index (χ4v) is 2.21. The van der Waals surface area contributed by atoms with Gasteiger partial charge in [0.2, 0.25) is 5.76 Å². The average Bonchev–Trinajstić information content (AvgIpc) is 2.85. The number of carboxylic acids is 1. The van der Waals surface area contributed by atoms with Crippen molar-refractivity contribution >= 4 is 5.97 Å². The van der Waals surface area contributed by atoms with Crippen molar-refractivity contribution in [2.75, 3.05) is 0 Å². The summed E-state index contributed by atoms with van der Waals surface area (Å²) >= 11 is 0. The van der Waals surface area contributed by atoms with Crippen LogP contribution in [0, 0.1) is 6.92 Å². The molecule has 2 aromatic rings. The molecule has 0 aliphatic carbocycles. The Labute approximate surface area is 124 Å². The molecule has 0 spiro atoms. The lowest BCUT2D eigenvalue weighted by atomic mass is 10.1. The Hall–Kier alpha value is -2.07. The molecular weight excluding hydrogens is 266 g/mol. The minimum absolute atomic E-state index is 0.00115. The van der Waals surface area contributed by atoms with E-state index in [2.05, 4.69) is 36.5 Å². The fraction of sp³-hybridized carbons (Fsp3) is 0.353. The predicted octanol–water partition coefficient (Wildman–Crippen LogP) is 3.40. The van der Waals surface area contributed by atoms with Crippen molar-refractivity contribution in [3.63, 3.8) is 0 Å². The molecule has 4 heteroatoms. The molecule has 0 bridgehead atoms. The Morgan fingerprint density at radius 3 is 2.67 bits per heavy atom. The first-order valence-electron chi connectivity index (χ1n) is 7.16. The molecule has 2 N–H and O–H groups in total. The van der Waals surface area contributed by atoms with Crippen molar-refractivity contribution in [1.82, 2.24) is 5.32 Å². The number of nitrogens with one attached hydrogen (secondary N) is 1. The van der Waals surface area contributed by atoms with E-state index in [4.69, 9.17) is 9.52 Å². The highest BCUT2D eigenvalue weighted by Gasteiger charge is 2.13. The molecule has 0 aliphatic heterocycles. The lowest BCUT2D eigenvalue weighted by Crippen LogP contribution is -2.26. The monoisotopic (exact) mass is 287 g/mol. The van der Waals surface area contributed by atoms with E-state index in [-0.39, 0.29) is 5.76 Å². The van der Waals surface area contributed by atoms with Gasteiger partial charge >= 0.3 is 5.97 Å². The molecule has 1 heterocycles. The molecule has 0 aliphatic rings. The molecule has 2 rings (SSSR count). The molecule has 0 radical (unpaired) electrons. The summed E-state index contributed by atoms with van der Waals surface area (Å²) in [6.07, 6.45) is 2.06. The Bertz CT molecular complexity index is 589. The molecule has 0 saturated heterocycles. The van der Waals surface area contributed by atoms with E-state index in [9.17, 15) is 4.79 Å². The number of carboxylic acid groups (broad SMARTS) is 1. The van der Waals surface area contributed by atoms with E-state index < -0.39 is 5.97 Å². The summed E-state index contributed by atoms with van der Waals surface area (Å²) in [5.74, 6) is -0.363. The van der Waals surface area contributed by atoms with Crippen LogP contribution in [-0.4, -0.2) is 17.1 Å². The van der Waals surface area contributed by atoms with E-state index in [0.717, 1.165) is 18.4 Å². The zero-order valence-corrected chi connectivity index (χ0v) is 12.4. The largest absolute Gasteiger partial charge is 0.475 e. The molecule has 1 aromatic heterocycles. The summed E-state index contributed by atoms with van der Waals surface area (Å²) in [6.45, 7) is 4.55. The van der Waals surface area contributed by atoms with Crippen LogP contribution >= 0.6 is 0 Å². The summed E-state index contributed by atoms with van der Waals surface area (Å²) in [5, 5.41) is 12.3. The van der Waals surface area contributed by atoms with Gasteiger partial charge in [0.1, 0.15) is 5.76 Å². The highest BCUT2D eigenvalue weighted by atomic mass is 16.4. The van der Waals surface area contributed by atoms with Crippen LogP contribution in [-0.2, 0) is 13.0 Å². The first kappa shape index (κ1) is 15.3. The van der Waals surface area contributed by atoms with Gasteiger partial charge in [-0.15, -0.1) is 0 Å². The summed E-state index contributed by atoms with van der Waals surface area (Å²) in [7, 11) is 0. The number of carbonyl (C=O) groups is 1. The van der Waals surface area contributed by atoms with Crippen molar-refractivity contribution in [1.29, 1.82) is 0 Å². The van der Waals surface area contributed by atoms with Crippen molar-refractivity contribution < 1.29 is 14.3 Å². The molecule has 1 aromatic carbocycles. The smallest absolute Gasteiger partial charge is 0.371 e. The Morgan fingerprint density at radius 2 is 2.05 bits per heavy atom. The number of hydrogen-bond donors (Lipinski definition) is 2. The SMILES string of the molecule is Cc1oc(C(=O)O)cc1CNC(C)CCc1ccccc1. The number of furan rings is 1. The zero-order chi connectivity index (χ0) is 15.2. The second-order valence-corrected chi connectivity index (χ2v) is 5.30. The summed E-state index contributed by atoms with van der Waals surface area (Å²) < 4.78 is 5.20. The molecule has 0 saturated carbocycles. The van der Waals surface area contributed by atoms with Crippen LogP contribution in [0.1, 0.15) is 40.8 Å². The number of benzene rings is 1. The van der Waals surface area contributed by atoms with Crippen molar-refractivity contribution in [3.05, 3.63) is 59.0 Å². The Kier molecular flexibility index (Phi) is 5.17. The van der Waals surface area contributed by atoms with Crippen LogP contribution < -0.4 is 5.32 Å². The van der Waals surface area contributed by atoms with Gasteiger partial charge < -0.3 is 14.8 Å². The van der Waals surface area contributed by atoms with Gasteiger partial charge in [-0.05, 0) is 38.3 Å². The molecule has 112 valence electrons. The second-order valence-electron chi connectivity index (χ2n) is 5.30. The van der Waals surface area contributed by atoms with Gasteiger partial charge in [0.25, 0.3) is 0 Å². The van der Waals surface area contributed by atoms with E-state index in [1.807, 2.05) is 6.07 Å². The molecule has 1 unspecified atom stereocenters.